The van der Waals surface area contributed by atoms with Crippen LogP contribution in [0, 0.1) is 12.3 Å². The Kier molecular flexibility index (Phi) is 1.17. The average Bonchev–Trinajstić information content (AvgIpc) is 2.78. The molecule has 0 aliphatic heterocycles. The number of rotatable bonds is 0. The first-order valence-electron chi connectivity index (χ1n) is 4.85. The molecule has 0 radical (unpaired) electrons. The van der Waals surface area contributed by atoms with Gasteiger partial charge in [-0.05, 0) is 32.3 Å². The summed E-state index contributed by atoms with van der Waals surface area (Å²) in [6, 6.07) is 1.90. The van der Waals surface area contributed by atoms with E-state index in [9.17, 15) is 4.79 Å². The maximum absolute atomic E-state index is 12.0. The quantitative estimate of drug-likeness (QED) is 0.608. The second-order valence-electron chi connectivity index (χ2n) is 4.30. The summed E-state index contributed by atoms with van der Waals surface area (Å²) in [5.41, 5.74) is 0.907. The Morgan fingerprint density at radius 1 is 1.38 bits per heavy atom. The highest BCUT2D eigenvalue weighted by Gasteiger charge is 2.52. The van der Waals surface area contributed by atoms with Gasteiger partial charge in [-0.1, -0.05) is 0 Å². The van der Waals surface area contributed by atoms with Crippen LogP contribution in [0.15, 0.2) is 10.5 Å². The second kappa shape index (κ2) is 2.06. The van der Waals surface area contributed by atoms with E-state index in [1.54, 1.807) is 0 Å². The lowest BCUT2D eigenvalue weighted by molar-refractivity contribution is 0.0875. The molecule has 2 heteroatoms. The van der Waals surface area contributed by atoms with E-state index in [4.69, 9.17) is 4.42 Å². The molecule has 2 aliphatic carbocycles. The molecule has 1 aromatic rings. The first-order valence-corrected chi connectivity index (χ1v) is 4.85. The molecule has 1 fully saturated rings. The summed E-state index contributed by atoms with van der Waals surface area (Å²) < 4.78 is 5.48. The largest absolute Gasteiger partial charge is 0.466 e. The summed E-state index contributed by atoms with van der Waals surface area (Å²) in [6.45, 7) is 1.91. The topological polar surface area (TPSA) is 30.2 Å². The molecule has 0 aromatic carbocycles. The van der Waals surface area contributed by atoms with E-state index in [2.05, 4.69) is 0 Å². The molecule has 1 spiro atoms. The lowest BCUT2D eigenvalue weighted by atomic mass is 9.84. The van der Waals surface area contributed by atoms with Crippen LogP contribution in [0.2, 0.25) is 0 Å². The standard InChI is InChI=1S/C11H12O2/c1-7-6-8-9(13-7)2-3-11(4-5-11)10(8)12/h6H,2-5H2,1H3. The number of furan rings is 1. The van der Waals surface area contributed by atoms with Crippen molar-refractivity contribution in [3.05, 3.63) is 23.2 Å². The zero-order valence-corrected chi connectivity index (χ0v) is 7.72. The maximum Gasteiger partial charge on any atom is 0.172 e. The summed E-state index contributed by atoms with van der Waals surface area (Å²) in [6.07, 6.45) is 4.14. The Morgan fingerprint density at radius 3 is 2.85 bits per heavy atom. The van der Waals surface area contributed by atoms with Gasteiger partial charge in [0.2, 0.25) is 0 Å². The van der Waals surface area contributed by atoms with E-state index >= 15 is 0 Å². The third-order valence-electron chi connectivity index (χ3n) is 3.34. The first kappa shape index (κ1) is 7.36. The van der Waals surface area contributed by atoms with Gasteiger partial charge >= 0.3 is 0 Å². The molecular weight excluding hydrogens is 164 g/mol. The molecule has 0 bridgehead atoms. The zero-order chi connectivity index (χ0) is 9.05. The third kappa shape index (κ3) is 0.859. The smallest absolute Gasteiger partial charge is 0.172 e. The monoisotopic (exact) mass is 176 g/mol. The fraction of sp³-hybridized carbons (Fsp3) is 0.545. The summed E-state index contributed by atoms with van der Waals surface area (Å²) in [5.74, 6) is 2.13. The van der Waals surface area contributed by atoms with Crippen molar-refractivity contribution in [2.24, 2.45) is 5.41 Å². The molecule has 2 nitrogen and oxygen atoms in total. The predicted molar refractivity (Wildman–Crippen MR) is 47.8 cm³/mol. The highest BCUT2D eigenvalue weighted by Crippen LogP contribution is 2.54. The van der Waals surface area contributed by atoms with Crippen molar-refractivity contribution < 1.29 is 9.21 Å². The van der Waals surface area contributed by atoms with Crippen LogP contribution in [0.3, 0.4) is 0 Å². The van der Waals surface area contributed by atoms with Gasteiger partial charge in [-0.2, -0.15) is 0 Å². The Bertz CT molecular complexity index is 383. The van der Waals surface area contributed by atoms with Crippen molar-refractivity contribution in [1.82, 2.24) is 0 Å². The lowest BCUT2D eigenvalue weighted by Crippen LogP contribution is -2.22. The molecular formula is C11H12O2. The highest BCUT2D eigenvalue weighted by molar-refractivity contribution is 6.04. The number of hydrogen-bond acceptors (Lipinski definition) is 2. The first-order chi connectivity index (χ1) is 6.21. The second-order valence-corrected chi connectivity index (χ2v) is 4.30. The van der Waals surface area contributed by atoms with E-state index in [-0.39, 0.29) is 5.41 Å². The van der Waals surface area contributed by atoms with Crippen LogP contribution in [-0.4, -0.2) is 5.78 Å². The maximum atomic E-state index is 12.0. The molecule has 0 atom stereocenters. The lowest BCUT2D eigenvalue weighted by Gasteiger charge is -2.18. The van der Waals surface area contributed by atoms with Crippen molar-refractivity contribution in [3.8, 4) is 0 Å². The normalized spacial score (nSPS) is 23.3. The number of hydrogen-bond donors (Lipinski definition) is 0. The molecule has 13 heavy (non-hydrogen) atoms. The minimum atomic E-state index is 0.0450. The van der Waals surface area contributed by atoms with Gasteiger partial charge < -0.3 is 4.42 Å². The molecule has 0 N–H and O–H groups in total. The highest BCUT2D eigenvalue weighted by atomic mass is 16.3. The Hall–Kier alpha value is -1.05. The molecule has 1 saturated carbocycles. The number of ketones is 1. The Balaban J connectivity index is 2.12. The van der Waals surface area contributed by atoms with E-state index in [0.29, 0.717) is 5.78 Å². The van der Waals surface area contributed by atoms with Crippen LogP contribution in [0.4, 0.5) is 0 Å². The summed E-state index contributed by atoms with van der Waals surface area (Å²) in [5, 5.41) is 0. The van der Waals surface area contributed by atoms with Gasteiger partial charge in [0.25, 0.3) is 0 Å². The van der Waals surface area contributed by atoms with E-state index in [1.807, 2.05) is 13.0 Å². The Labute approximate surface area is 76.9 Å². The molecule has 1 aromatic heterocycles. The van der Waals surface area contributed by atoms with Crippen LogP contribution >= 0.6 is 0 Å². The van der Waals surface area contributed by atoms with Gasteiger partial charge in [0, 0.05) is 11.8 Å². The summed E-state index contributed by atoms with van der Waals surface area (Å²) in [7, 11) is 0. The predicted octanol–water partition coefficient (Wildman–Crippen LogP) is 2.50. The third-order valence-corrected chi connectivity index (χ3v) is 3.34. The number of fused-ring (bicyclic) bond motifs is 1. The fourth-order valence-electron chi connectivity index (χ4n) is 2.32. The van der Waals surface area contributed by atoms with Gasteiger partial charge in [-0.3, -0.25) is 4.79 Å². The van der Waals surface area contributed by atoms with Crippen molar-refractivity contribution in [2.45, 2.75) is 32.6 Å². The number of carbonyl (C=O) groups excluding carboxylic acids is 1. The molecule has 2 aliphatic rings. The SMILES string of the molecule is Cc1cc2c(o1)CCC1(CC1)C2=O. The van der Waals surface area contributed by atoms with E-state index in [1.165, 1.54) is 0 Å². The van der Waals surface area contributed by atoms with E-state index < -0.39 is 0 Å². The van der Waals surface area contributed by atoms with E-state index in [0.717, 1.165) is 42.8 Å². The van der Waals surface area contributed by atoms with Crippen LogP contribution in [0.5, 0.6) is 0 Å². The summed E-state index contributed by atoms with van der Waals surface area (Å²) in [4.78, 5) is 12.0. The van der Waals surface area contributed by atoms with Gasteiger partial charge in [-0.15, -0.1) is 0 Å². The minimum absolute atomic E-state index is 0.0450. The molecule has 0 unspecified atom stereocenters. The van der Waals surface area contributed by atoms with Crippen molar-refractivity contribution >= 4 is 5.78 Å². The Morgan fingerprint density at radius 2 is 2.15 bits per heavy atom. The molecule has 1 heterocycles. The molecule has 68 valence electrons. The van der Waals surface area contributed by atoms with Crippen molar-refractivity contribution in [3.63, 3.8) is 0 Å². The number of Topliss-reactive ketones (excluding diaryl/α,β-unsaturated/α-hetero) is 1. The van der Waals surface area contributed by atoms with Crippen LogP contribution in [0.1, 0.15) is 41.1 Å². The molecule has 3 rings (SSSR count). The number of carbonyl (C=O) groups is 1. The van der Waals surface area contributed by atoms with Gasteiger partial charge in [0.05, 0.1) is 5.56 Å². The van der Waals surface area contributed by atoms with Crippen molar-refractivity contribution in [1.29, 1.82) is 0 Å². The van der Waals surface area contributed by atoms with Crippen LogP contribution in [0.25, 0.3) is 0 Å². The zero-order valence-electron chi connectivity index (χ0n) is 7.72. The van der Waals surface area contributed by atoms with Crippen LogP contribution < -0.4 is 0 Å². The van der Waals surface area contributed by atoms with Gasteiger partial charge in [0.1, 0.15) is 11.5 Å². The van der Waals surface area contributed by atoms with Gasteiger partial charge in [0.15, 0.2) is 5.78 Å². The number of aryl methyl sites for hydroxylation is 2. The van der Waals surface area contributed by atoms with Gasteiger partial charge in [-0.25, -0.2) is 0 Å². The molecule has 0 amide bonds. The van der Waals surface area contributed by atoms with Crippen LogP contribution in [-0.2, 0) is 6.42 Å². The minimum Gasteiger partial charge on any atom is -0.466 e. The van der Waals surface area contributed by atoms with Crippen molar-refractivity contribution in [2.75, 3.05) is 0 Å². The average molecular weight is 176 g/mol. The fourth-order valence-corrected chi connectivity index (χ4v) is 2.32. The molecule has 0 saturated heterocycles. The summed E-state index contributed by atoms with van der Waals surface area (Å²) >= 11 is 0.